The van der Waals surface area contributed by atoms with Crippen molar-refractivity contribution in [1.29, 1.82) is 0 Å². The molecule has 3 heterocycles. The molecule has 0 amide bonds. The van der Waals surface area contributed by atoms with Crippen LogP contribution in [0.5, 0.6) is 11.5 Å². The largest absolute Gasteiger partial charge is 0.486 e. The molecule has 0 radical (unpaired) electrons. The van der Waals surface area contributed by atoms with E-state index in [1.54, 1.807) is 36.4 Å². The second kappa shape index (κ2) is 10.9. The van der Waals surface area contributed by atoms with Crippen LogP contribution in [0.3, 0.4) is 0 Å². The molecule has 5 aromatic rings. The van der Waals surface area contributed by atoms with Crippen LogP contribution in [0.2, 0.25) is 10.0 Å². The van der Waals surface area contributed by atoms with Crippen LogP contribution < -0.4 is 20.3 Å². The fraction of sp³-hybridized carbons (Fsp3) is 0.176. The van der Waals surface area contributed by atoms with Crippen molar-refractivity contribution >= 4 is 50.7 Å². The predicted octanol–water partition coefficient (Wildman–Crippen LogP) is 8.45. The molecule has 6 nitrogen and oxygen atoms in total. The molecule has 0 saturated carbocycles. The first-order valence-electron chi connectivity index (χ1n) is 13.7. The molecule has 7 rings (SSSR count). The van der Waals surface area contributed by atoms with Gasteiger partial charge in [0.2, 0.25) is 22.4 Å². The first-order valence-corrected chi connectivity index (χ1v) is 14.5. The zero-order chi connectivity index (χ0) is 28.8. The fourth-order valence-electron chi connectivity index (χ4n) is 5.66. The molecule has 2 aromatic heterocycles. The summed E-state index contributed by atoms with van der Waals surface area (Å²) in [5, 5.41) is 1.62. The van der Waals surface area contributed by atoms with E-state index in [9.17, 15) is 9.59 Å². The Morgan fingerprint density at radius 1 is 0.833 bits per heavy atom. The molecule has 1 aliphatic heterocycles. The van der Waals surface area contributed by atoms with Gasteiger partial charge in [-0.25, -0.2) is 0 Å². The molecule has 0 N–H and O–H groups in total. The van der Waals surface area contributed by atoms with E-state index in [1.165, 1.54) is 0 Å². The molecule has 2 atom stereocenters. The van der Waals surface area contributed by atoms with E-state index < -0.39 is 0 Å². The van der Waals surface area contributed by atoms with Crippen molar-refractivity contribution in [3.05, 3.63) is 121 Å². The third kappa shape index (κ3) is 4.71. The van der Waals surface area contributed by atoms with Gasteiger partial charge >= 0.3 is 0 Å². The second-order valence-electron chi connectivity index (χ2n) is 10.3. The monoisotopic (exact) mass is 598 g/mol. The van der Waals surface area contributed by atoms with E-state index >= 15 is 0 Å². The molecule has 210 valence electrons. The third-order valence-corrected chi connectivity index (χ3v) is 8.12. The minimum absolute atomic E-state index is 0.0769. The lowest BCUT2D eigenvalue weighted by Gasteiger charge is -2.34. The van der Waals surface area contributed by atoms with Gasteiger partial charge in [0.1, 0.15) is 17.3 Å². The zero-order valence-corrected chi connectivity index (χ0v) is 23.8. The molecule has 1 aliphatic carbocycles. The summed E-state index contributed by atoms with van der Waals surface area (Å²) in [6, 6.07) is 19.3. The van der Waals surface area contributed by atoms with E-state index in [2.05, 4.69) is 18.2 Å². The van der Waals surface area contributed by atoms with E-state index in [0.29, 0.717) is 56.3 Å². The Labute approximate surface area is 250 Å². The molecule has 0 fully saturated rings. The molecule has 2 aliphatic rings. The summed E-state index contributed by atoms with van der Waals surface area (Å²) < 4.78 is 24.8. The highest BCUT2D eigenvalue weighted by Crippen LogP contribution is 2.43. The van der Waals surface area contributed by atoms with Gasteiger partial charge in [-0.05, 0) is 55.7 Å². The van der Waals surface area contributed by atoms with E-state index in [1.807, 2.05) is 30.3 Å². The van der Waals surface area contributed by atoms with Gasteiger partial charge < -0.3 is 18.3 Å². The van der Waals surface area contributed by atoms with Gasteiger partial charge in [0.05, 0.1) is 17.4 Å². The van der Waals surface area contributed by atoms with Crippen LogP contribution in [-0.4, -0.2) is 12.7 Å². The highest BCUT2D eigenvalue weighted by atomic mass is 35.5. The van der Waals surface area contributed by atoms with Crippen molar-refractivity contribution < 1.29 is 18.3 Å². The van der Waals surface area contributed by atoms with Crippen molar-refractivity contribution in [3.63, 3.8) is 0 Å². The second-order valence-corrected chi connectivity index (χ2v) is 11.2. The van der Waals surface area contributed by atoms with Crippen LogP contribution in [0.1, 0.15) is 25.0 Å². The fourth-order valence-corrected chi connectivity index (χ4v) is 6.00. The summed E-state index contributed by atoms with van der Waals surface area (Å²) in [7, 11) is 0. The summed E-state index contributed by atoms with van der Waals surface area (Å²) >= 11 is 12.3. The molecule has 3 aromatic carbocycles. The molecular weight excluding hydrogens is 575 g/mol. The highest BCUT2D eigenvalue weighted by Gasteiger charge is 2.37. The maximum atomic E-state index is 13.5. The number of allylic oxidation sites excluding steroid dienone is 2. The standard InChI is InChI=1S/C34H24Cl2O6/c35-20-12-14-27-24(17-20)29(37)33(31(40-27)19-7-2-1-3-8-19)39-16-6-11-26-22-9-4-5-10-23(22)32-34(42-26)30(38)25-18-21(36)13-15-28(25)41-32/h1-4,7-10,12-15,17-18,22,26H,5-6,11,16H2. The zero-order valence-electron chi connectivity index (χ0n) is 22.3. The van der Waals surface area contributed by atoms with Crippen molar-refractivity contribution in [2.24, 2.45) is 5.92 Å². The van der Waals surface area contributed by atoms with Gasteiger partial charge in [0.25, 0.3) is 0 Å². The average Bonchev–Trinajstić information content (AvgIpc) is 3.01. The Bertz CT molecular complexity index is 2020. The first-order chi connectivity index (χ1) is 20.5. The number of benzene rings is 3. The predicted molar refractivity (Wildman–Crippen MR) is 165 cm³/mol. The molecule has 0 saturated heterocycles. The third-order valence-electron chi connectivity index (χ3n) is 7.65. The van der Waals surface area contributed by atoms with Gasteiger partial charge in [0.15, 0.2) is 11.5 Å². The summed E-state index contributed by atoms with van der Waals surface area (Å²) in [6.45, 7) is 0.237. The van der Waals surface area contributed by atoms with Crippen LogP contribution in [-0.2, 0) is 0 Å². The topological polar surface area (TPSA) is 78.9 Å². The minimum atomic E-state index is -0.316. The summed E-state index contributed by atoms with van der Waals surface area (Å²) in [5.41, 5.74) is 2.04. The quantitative estimate of drug-likeness (QED) is 0.144. The van der Waals surface area contributed by atoms with Crippen molar-refractivity contribution in [2.75, 3.05) is 6.61 Å². The molecule has 42 heavy (non-hydrogen) atoms. The van der Waals surface area contributed by atoms with Gasteiger partial charge in [-0.3, -0.25) is 9.59 Å². The molecular formula is C34H24Cl2O6. The van der Waals surface area contributed by atoms with E-state index in [4.69, 9.17) is 41.5 Å². The normalized spacial score (nSPS) is 17.4. The highest BCUT2D eigenvalue weighted by molar-refractivity contribution is 6.31. The Hall–Kier alpha value is -4.26. The van der Waals surface area contributed by atoms with Crippen LogP contribution in [0.4, 0.5) is 0 Å². The smallest absolute Gasteiger partial charge is 0.235 e. The summed E-state index contributed by atoms with van der Waals surface area (Å²) in [6.07, 6.45) is 7.83. The lowest BCUT2D eigenvalue weighted by atomic mass is 9.83. The molecule has 0 bridgehead atoms. The number of rotatable bonds is 6. The Kier molecular flexibility index (Phi) is 6.88. The molecule has 8 heteroatoms. The Morgan fingerprint density at radius 2 is 1.52 bits per heavy atom. The van der Waals surface area contributed by atoms with Gasteiger partial charge in [0, 0.05) is 27.1 Å². The maximum Gasteiger partial charge on any atom is 0.235 e. The number of hydrogen-bond donors (Lipinski definition) is 0. The minimum Gasteiger partial charge on any atom is -0.486 e. The number of fused-ring (bicyclic) bond motifs is 5. The maximum absolute atomic E-state index is 13.5. The average molecular weight is 599 g/mol. The van der Waals surface area contributed by atoms with Crippen LogP contribution >= 0.6 is 23.2 Å². The summed E-state index contributed by atoms with van der Waals surface area (Å²) in [4.78, 5) is 27.0. The van der Waals surface area contributed by atoms with Crippen LogP contribution in [0.25, 0.3) is 38.8 Å². The van der Waals surface area contributed by atoms with Gasteiger partial charge in [-0.1, -0.05) is 71.8 Å². The molecule has 2 unspecified atom stereocenters. The van der Waals surface area contributed by atoms with Crippen LogP contribution in [0, 0.1) is 5.92 Å². The SMILES string of the molecule is O=c1c2c(oc3ccc(Cl)cc13)C1=CCC=CC1C(CCCOc1c(-c3ccccc3)oc3ccc(Cl)cc3c1=O)O2. The number of ether oxygens (including phenoxy) is 2. The number of hydrogen-bond acceptors (Lipinski definition) is 6. The Morgan fingerprint density at radius 3 is 2.26 bits per heavy atom. The van der Waals surface area contributed by atoms with E-state index in [0.717, 1.165) is 17.6 Å². The number of halogens is 2. The van der Waals surface area contributed by atoms with Crippen molar-refractivity contribution in [1.82, 2.24) is 0 Å². The van der Waals surface area contributed by atoms with Gasteiger partial charge in [-0.2, -0.15) is 0 Å². The molecule has 0 spiro atoms. The Balaban J connectivity index is 1.16. The lowest BCUT2D eigenvalue weighted by molar-refractivity contribution is 0.139. The van der Waals surface area contributed by atoms with Gasteiger partial charge in [-0.15, -0.1) is 0 Å². The van der Waals surface area contributed by atoms with E-state index in [-0.39, 0.29) is 41.0 Å². The van der Waals surface area contributed by atoms with Crippen LogP contribution in [0.15, 0.2) is 103 Å². The van der Waals surface area contributed by atoms with Crippen molar-refractivity contribution in [3.8, 4) is 22.8 Å². The summed E-state index contributed by atoms with van der Waals surface area (Å²) in [5.74, 6) is 1.09. The lowest BCUT2D eigenvalue weighted by Crippen LogP contribution is -2.34. The van der Waals surface area contributed by atoms with Crippen molar-refractivity contribution in [2.45, 2.75) is 25.4 Å². The first kappa shape index (κ1) is 26.6.